The van der Waals surface area contributed by atoms with E-state index in [1.165, 1.54) is 0 Å². The Labute approximate surface area is 141 Å². The van der Waals surface area contributed by atoms with Gasteiger partial charge in [0.05, 0.1) is 31.1 Å². The number of anilines is 2. The Morgan fingerprint density at radius 1 is 1.25 bits per heavy atom. The van der Waals surface area contributed by atoms with E-state index in [0.29, 0.717) is 5.69 Å². The summed E-state index contributed by atoms with van der Waals surface area (Å²) in [4.78, 5) is 22.7. The van der Waals surface area contributed by atoms with Crippen molar-refractivity contribution >= 4 is 17.5 Å². The molecule has 7 nitrogen and oxygen atoms in total. The fraction of sp³-hybridized carbons (Fsp3) is 0.353. The zero-order valence-corrected chi connectivity index (χ0v) is 13.6. The Hall–Kier alpha value is -2.67. The third-order valence-electron chi connectivity index (χ3n) is 3.87. The maximum Gasteiger partial charge on any atom is 0.319 e. The molecule has 0 spiro atoms. The molecule has 1 unspecified atom stereocenters. The van der Waals surface area contributed by atoms with Gasteiger partial charge in [-0.25, -0.2) is 9.78 Å². The smallest absolute Gasteiger partial charge is 0.319 e. The molecular weight excluding hydrogens is 306 g/mol. The zero-order chi connectivity index (χ0) is 16.8. The number of hydrogen-bond donors (Lipinski definition) is 2. The van der Waals surface area contributed by atoms with Crippen LogP contribution in [-0.4, -0.2) is 42.3 Å². The van der Waals surface area contributed by atoms with Gasteiger partial charge in [-0.3, -0.25) is 4.98 Å². The molecule has 1 atom stereocenters. The Bertz CT molecular complexity index is 656. The lowest BCUT2D eigenvalue weighted by Crippen LogP contribution is -2.36. The highest BCUT2D eigenvalue weighted by Gasteiger charge is 2.13. The first-order valence-corrected chi connectivity index (χ1v) is 7.98. The van der Waals surface area contributed by atoms with Crippen molar-refractivity contribution in [2.75, 3.05) is 36.5 Å². The van der Waals surface area contributed by atoms with Crippen LogP contribution in [0.4, 0.5) is 16.3 Å². The van der Waals surface area contributed by atoms with Gasteiger partial charge in [0, 0.05) is 25.5 Å². The number of amides is 2. The van der Waals surface area contributed by atoms with Crippen molar-refractivity contribution in [3.8, 4) is 0 Å². The maximum absolute atomic E-state index is 12.1. The van der Waals surface area contributed by atoms with Crippen molar-refractivity contribution in [3.63, 3.8) is 0 Å². The van der Waals surface area contributed by atoms with Gasteiger partial charge in [0.15, 0.2) is 0 Å². The van der Waals surface area contributed by atoms with Gasteiger partial charge in [0.25, 0.3) is 0 Å². The molecule has 2 aromatic rings. The van der Waals surface area contributed by atoms with Crippen molar-refractivity contribution in [2.24, 2.45) is 0 Å². The largest absolute Gasteiger partial charge is 0.378 e. The third-order valence-corrected chi connectivity index (χ3v) is 3.87. The highest BCUT2D eigenvalue weighted by molar-refractivity contribution is 5.89. The predicted molar refractivity (Wildman–Crippen MR) is 92.1 cm³/mol. The Kier molecular flexibility index (Phi) is 5.22. The van der Waals surface area contributed by atoms with E-state index in [1.807, 2.05) is 31.2 Å². The number of nitrogens with zero attached hydrogens (tertiary/aromatic N) is 3. The van der Waals surface area contributed by atoms with Gasteiger partial charge in [-0.1, -0.05) is 6.07 Å². The number of carbonyl (C=O) groups excluding carboxylic acids is 1. The molecule has 0 aliphatic carbocycles. The summed E-state index contributed by atoms with van der Waals surface area (Å²) >= 11 is 0. The standard InChI is InChI=1S/C17H21N5O2/c1-13(14-3-2-6-18-11-14)20-17(23)21-15-4-5-16(19-12-15)22-7-9-24-10-8-22/h2-6,11-13H,7-10H2,1H3,(H2,20,21,23). The van der Waals surface area contributed by atoms with E-state index in [-0.39, 0.29) is 12.1 Å². The summed E-state index contributed by atoms with van der Waals surface area (Å²) in [5, 5.41) is 5.67. The number of urea groups is 1. The molecule has 1 aliphatic heterocycles. The average molecular weight is 327 g/mol. The van der Waals surface area contributed by atoms with Crippen molar-refractivity contribution in [1.82, 2.24) is 15.3 Å². The molecule has 0 radical (unpaired) electrons. The first-order valence-electron chi connectivity index (χ1n) is 7.98. The summed E-state index contributed by atoms with van der Waals surface area (Å²) in [7, 11) is 0. The molecule has 3 rings (SSSR count). The normalized spacial score (nSPS) is 15.6. The molecule has 2 N–H and O–H groups in total. The third kappa shape index (κ3) is 4.20. The molecule has 3 heterocycles. The number of morpholine rings is 1. The molecule has 7 heteroatoms. The van der Waals surface area contributed by atoms with Crippen LogP contribution < -0.4 is 15.5 Å². The van der Waals surface area contributed by atoms with Crippen LogP contribution in [0.3, 0.4) is 0 Å². The lowest BCUT2D eigenvalue weighted by atomic mass is 10.1. The fourth-order valence-corrected chi connectivity index (χ4v) is 2.52. The lowest BCUT2D eigenvalue weighted by molar-refractivity contribution is 0.122. The quantitative estimate of drug-likeness (QED) is 0.900. The second kappa shape index (κ2) is 7.74. The van der Waals surface area contributed by atoms with Gasteiger partial charge in [-0.05, 0) is 30.7 Å². The summed E-state index contributed by atoms with van der Waals surface area (Å²) in [6, 6.07) is 7.14. The average Bonchev–Trinajstić information content (AvgIpc) is 2.64. The molecular formula is C17H21N5O2. The minimum absolute atomic E-state index is 0.126. The number of aromatic nitrogens is 2. The van der Waals surface area contributed by atoms with E-state index < -0.39 is 0 Å². The van der Waals surface area contributed by atoms with Crippen molar-refractivity contribution < 1.29 is 9.53 Å². The Morgan fingerprint density at radius 3 is 2.75 bits per heavy atom. The maximum atomic E-state index is 12.1. The van der Waals surface area contributed by atoms with Gasteiger partial charge >= 0.3 is 6.03 Å². The van der Waals surface area contributed by atoms with Crippen molar-refractivity contribution in [3.05, 3.63) is 48.4 Å². The van der Waals surface area contributed by atoms with Crippen LogP contribution in [0.2, 0.25) is 0 Å². The number of carbonyl (C=O) groups is 1. The summed E-state index contributed by atoms with van der Waals surface area (Å²) < 4.78 is 5.33. The van der Waals surface area contributed by atoms with Crippen molar-refractivity contribution in [1.29, 1.82) is 0 Å². The summed E-state index contributed by atoms with van der Waals surface area (Å²) in [6.07, 6.45) is 5.11. The van der Waals surface area contributed by atoms with Crippen LogP contribution in [-0.2, 0) is 4.74 Å². The second-order valence-corrected chi connectivity index (χ2v) is 5.61. The van der Waals surface area contributed by atoms with E-state index in [9.17, 15) is 4.79 Å². The first kappa shape index (κ1) is 16.2. The Morgan fingerprint density at radius 2 is 2.08 bits per heavy atom. The molecule has 2 aromatic heterocycles. The van der Waals surface area contributed by atoms with Crippen LogP contribution in [0.15, 0.2) is 42.9 Å². The van der Waals surface area contributed by atoms with Gasteiger partial charge in [0.1, 0.15) is 5.82 Å². The topological polar surface area (TPSA) is 79.4 Å². The highest BCUT2D eigenvalue weighted by atomic mass is 16.5. The van der Waals surface area contributed by atoms with Crippen LogP contribution in [0.5, 0.6) is 0 Å². The molecule has 0 aromatic carbocycles. The monoisotopic (exact) mass is 327 g/mol. The molecule has 0 bridgehead atoms. The molecule has 2 amide bonds. The second-order valence-electron chi connectivity index (χ2n) is 5.61. The molecule has 126 valence electrons. The van der Waals surface area contributed by atoms with Crippen LogP contribution in [0.1, 0.15) is 18.5 Å². The van der Waals surface area contributed by atoms with E-state index in [2.05, 4.69) is 25.5 Å². The van der Waals surface area contributed by atoms with E-state index >= 15 is 0 Å². The molecule has 0 saturated carbocycles. The number of pyridine rings is 2. The zero-order valence-electron chi connectivity index (χ0n) is 13.6. The minimum Gasteiger partial charge on any atom is -0.378 e. The first-order chi connectivity index (χ1) is 11.7. The predicted octanol–water partition coefficient (Wildman–Crippen LogP) is 2.20. The van der Waals surface area contributed by atoms with E-state index in [0.717, 1.165) is 37.7 Å². The molecule has 1 saturated heterocycles. The number of nitrogens with one attached hydrogen (secondary N) is 2. The van der Waals surface area contributed by atoms with Crippen LogP contribution >= 0.6 is 0 Å². The van der Waals surface area contributed by atoms with Gasteiger partial charge in [-0.15, -0.1) is 0 Å². The van der Waals surface area contributed by atoms with E-state index in [1.54, 1.807) is 18.6 Å². The summed E-state index contributed by atoms with van der Waals surface area (Å²) in [5.41, 5.74) is 1.61. The summed E-state index contributed by atoms with van der Waals surface area (Å²) in [5.74, 6) is 0.896. The van der Waals surface area contributed by atoms with Gasteiger partial charge < -0.3 is 20.3 Å². The lowest BCUT2D eigenvalue weighted by Gasteiger charge is -2.27. The van der Waals surface area contributed by atoms with E-state index in [4.69, 9.17) is 4.74 Å². The SMILES string of the molecule is CC(NC(=O)Nc1ccc(N2CCOCC2)nc1)c1cccnc1. The van der Waals surface area contributed by atoms with Crippen LogP contribution in [0, 0.1) is 0 Å². The van der Waals surface area contributed by atoms with Crippen molar-refractivity contribution in [2.45, 2.75) is 13.0 Å². The number of hydrogen-bond acceptors (Lipinski definition) is 5. The number of ether oxygens (including phenoxy) is 1. The van der Waals surface area contributed by atoms with Crippen LogP contribution in [0.25, 0.3) is 0 Å². The highest BCUT2D eigenvalue weighted by Crippen LogP contribution is 2.16. The van der Waals surface area contributed by atoms with Gasteiger partial charge in [-0.2, -0.15) is 0 Å². The molecule has 1 fully saturated rings. The molecule has 1 aliphatic rings. The Balaban J connectivity index is 1.54. The number of rotatable bonds is 4. The molecule has 24 heavy (non-hydrogen) atoms. The van der Waals surface area contributed by atoms with Gasteiger partial charge in [0.2, 0.25) is 0 Å². The fourth-order valence-electron chi connectivity index (χ4n) is 2.52. The summed E-state index contributed by atoms with van der Waals surface area (Å²) in [6.45, 7) is 5.02. The minimum atomic E-state index is -0.271.